The van der Waals surface area contributed by atoms with E-state index in [1.54, 1.807) is 6.33 Å². The number of aromatic nitrogens is 2. The quantitative estimate of drug-likeness (QED) is 0.800. The Labute approximate surface area is 141 Å². The SMILES string of the molecule is Cc1cccc(Nc2ncnc3cc(N4CCOCC4)ccc23)c1. The van der Waals surface area contributed by atoms with Crippen molar-refractivity contribution in [3.05, 3.63) is 54.4 Å². The molecular formula is C19H20N4O. The average molecular weight is 320 g/mol. The number of hydrogen-bond acceptors (Lipinski definition) is 5. The van der Waals surface area contributed by atoms with Crippen LogP contribution < -0.4 is 10.2 Å². The largest absolute Gasteiger partial charge is 0.378 e. The number of morpholine rings is 1. The van der Waals surface area contributed by atoms with Gasteiger partial charge < -0.3 is 15.0 Å². The molecule has 0 unspecified atom stereocenters. The summed E-state index contributed by atoms with van der Waals surface area (Å²) in [6.07, 6.45) is 1.61. The van der Waals surface area contributed by atoms with Gasteiger partial charge in [-0.25, -0.2) is 9.97 Å². The Kier molecular flexibility index (Phi) is 4.01. The van der Waals surface area contributed by atoms with Gasteiger partial charge in [-0.3, -0.25) is 0 Å². The van der Waals surface area contributed by atoms with Crippen LogP contribution in [0.4, 0.5) is 17.2 Å². The summed E-state index contributed by atoms with van der Waals surface area (Å²) in [6.45, 7) is 5.48. The van der Waals surface area contributed by atoms with Crippen molar-refractivity contribution < 1.29 is 4.74 Å². The molecule has 4 rings (SSSR count). The molecule has 24 heavy (non-hydrogen) atoms. The third-order valence-electron chi connectivity index (χ3n) is 4.28. The van der Waals surface area contributed by atoms with Crippen molar-refractivity contribution >= 4 is 28.1 Å². The molecular weight excluding hydrogens is 300 g/mol. The lowest BCUT2D eigenvalue weighted by Gasteiger charge is -2.29. The van der Waals surface area contributed by atoms with Crippen molar-refractivity contribution in [3.8, 4) is 0 Å². The topological polar surface area (TPSA) is 50.3 Å². The number of anilines is 3. The molecule has 122 valence electrons. The third-order valence-corrected chi connectivity index (χ3v) is 4.28. The normalized spacial score (nSPS) is 14.8. The van der Waals surface area contributed by atoms with Gasteiger partial charge in [-0.15, -0.1) is 0 Å². The number of rotatable bonds is 3. The molecule has 3 aromatic rings. The zero-order chi connectivity index (χ0) is 16.4. The molecule has 1 fully saturated rings. The molecule has 2 aromatic carbocycles. The Bertz CT molecular complexity index is 859. The Morgan fingerprint density at radius 1 is 1.04 bits per heavy atom. The molecule has 5 heteroatoms. The van der Waals surface area contributed by atoms with E-state index in [4.69, 9.17) is 4.74 Å². The van der Waals surface area contributed by atoms with Crippen molar-refractivity contribution in [2.24, 2.45) is 0 Å². The van der Waals surface area contributed by atoms with Gasteiger partial charge in [0, 0.05) is 29.9 Å². The van der Waals surface area contributed by atoms with Crippen LogP contribution in [-0.2, 0) is 4.74 Å². The smallest absolute Gasteiger partial charge is 0.141 e. The molecule has 5 nitrogen and oxygen atoms in total. The van der Waals surface area contributed by atoms with Crippen LogP contribution in [0.1, 0.15) is 5.56 Å². The van der Waals surface area contributed by atoms with Crippen LogP contribution in [0.5, 0.6) is 0 Å². The van der Waals surface area contributed by atoms with Gasteiger partial charge in [0.2, 0.25) is 0 Å². The summed E-state index contributed by atoms with van der Waals surface area (Å²) in [7, 11) is 0. The molecule has 1 saturated heterocycles. The highest BCUT2D eigenvalue weighted by Crippen LogP contribution is 2.27. The first-order chi connectivity index (χ1) is 11.8. The summed E-state index contributed by atoms with van der Waals surface area (Å²) < 4.78 is 5.43. The van der Waals surface area contributed by atoms with E-state index in [0.717, 1.165) is 48.7 Å². The summed E-state index contributed by atoms with van der Waals surface area (Å²) in [6, 6.07) is 14.6. The van der Waals surface area contributed by atoms with Crippen LogP contribution in [-0.4, -0.2) is 36.3 Å². The van der Waals surface area contributed by atoms with Crippen LogP contribution in [0.25, 0.3) is 10.9 Å². The van der Waals surface area contributed by atoms with Crippen LogP contribution in [0.2, 0.25) is 0 Å². The first-order valence-electron chi connectivity index (χ1n) is 8.21. The predicted octanol–water partition coefficient (Wildman–Crippen LogP) is 3.52. The predicted molar refractivity (Wildman–Crippen MR) is 97.0 cm³/mol. The molecule has 0 saturated carbocycles. The lowest BCUT2D eigenvalue weighted by molar-refractivity contribution is 0.122. The fourth-order valence-electron chi connectivity index (χ4n) is 3.02. The second kappa shape index (κ2) is 6.45. The average Bonchev–Trinajstić information content (AvgIpc) is 2.62. The fourth-order valence-corrected chi connectivity index (χ4v) is 3.02. The van der Waals surface area contributed by atoms with E-state index in [2.05, 4.69) is 57.4 Å². The standard InChI is InChI=1S/C19H20N4O/c1-14-3-2-4-15(11-14)22-19-17-6-5-16(12-18(17)20-13-21-19)23-7-9-24-10-8-23/h2-6,11-13H,7-10H2,1H3,(H,20,21,22). The van der Waals surface area contributed by atoms with Crippen molar-refractivity contribution in [1.29, 1.82) is 0 Å². The Morgan fingerprint density at radius 3 is 2.75 bits per heavy atom. The molecule has 2 heterocycles. The van der Waals surface area contributed by atoms with Crippen LogP contribution in [0, 0.1) is 6.92 Å². The van der Waals surface area contributed by atoms with E-state index >= 15 is 0 Å². The highest BCUT2D eigenvalue weighted by Gasteiger charge is 2.13. The maximum atomic E-state index is 5.43. The first kappa shape index (κ1) is 14.9. The van der Waals surface area contributed by atoms with Crippen LogP contribution in [0.15, 0.2) is 48.8 Å². The van der Waals surface area contributed by atoms with Gasteiger partial charge in [-0.2, -0.15) is 0 Å². The Morgan fingerprint density at radius 2 is 1.92 bits per heavy atom. The number of benzene rings is 2. The van der Waals surface area contributed by atoms with Crippen molar-refractivity contribution in [2.45, 2.75) is 6.92 Å². The van der Waals surface area contributed by atoms with E-state index in [9.17, 15) is 0 Å². The monoisotopic (exact) mass is 320 g/mol. The molecule has 1 aromatic heterocycles. The highest BCUT2D eigenvalue weighted by atomic mass is 16.5. The second-order valence-electron chi connectivity index (χ2n) is 6.02. The van der Waals surface area contributed by atoms with Gasteiger partial charge in [0.1, 0.15) is 12.1 Å². The number of fused-ring (bicyclic) bond motifs is 1. The molecule has 0 amide bonds. The van der Waals surface area contributed by atoms with Crippen molar-refractivity contribution in [2.75, 3.05) is 36.5 Å². The Balaban J connectivity index is 1.67. The molecule has 0 aliphatic carbocycles. The Hall–Kier alpha value is -2.66. The van der Waals surface area contributed by atoms with Crippen LogP contribution in [0.3, 0.4) is 0 Å². The van der Waals surface area contributed by atoms with Gasteiger partial charge in [-0.05, 0) is 42.8 Å². The molecule has 0 radical (unpaired) electrons. The summed E-state index contributed by atoms with van der Waals surface area (Å²) in [5.74, 6) is 0.833. The van der Waals surface area contributed by atoms with Gasteiger partial charge in [-0.1, -0.05) is 12.1 Å². The number of aryl methyl sites for hydroxylation is 1. The fraction of sp³-hybridized carbons (Fsp3) is 0.263. The number of nitrogens with zero attached hydrogens (tertiary/aromatic N) is 3. The maximum Gasteiger partial charge on any atom is 0.141 e. The lowest BCUT2D eigenvalue weighted by atomic mass is 10.1. The van der Waals surface area contributed by atoms with Gasteiger partial charge in [0.15, 0.2) is 0 Å². The molecule has 1 N–H and O–H groups in total. The van der Waals surface area contributed by atoms with E-state index in [-0.39, 0.29) is 0 Å². The number of nitrogens with one attached hydrogen (secondary N) is 1. The molecule has 0 atom stereocenters. The van der Waals surface area contributed by atoms with Crippen molar-refractivity contribution in [1.82, 2.24) is 9.97 Å². The number of ether oxygens (including phenoxy) is 1. The molecule has 1 aliphatic heterocycles. The summed E-state index contributed by atoms with van der Waals surface area (Å²) >= 11 is 0. The summed E-state index contributed by atoms with van der Waals surface area (Å²) in [4.78, 5) is 11.2. The first-order valence-corrected chi connectivity index (χ1v) is 8.21. The third kappa shape index (κ3) is 3.03. The minimum atomic E-state index is 0.780. The van der Waals surface area contributed by atoms with E-state index < -0.39 is 0 Å². The van der Waals surface area contributed by atoms with Crippen LogP contribution >= 0.6 is 0 Å². The number of hydrogen-bond donors (Lipinski definition) is 1. The second-order valence-corrected chi connectivity index (χ2v) is 6.02. The molecule has 0 bridgehead atoms. The van der Waals surface area contributed by atoms with Gasteiger partial charge >= 0.3 is 0 Å². The van der Waals surface area contributed by atoms with Gasteiger partial charge in [0.25, 0.3) is 0 Å². The molecule has 1 aliphatic rings. The highest BCUT2D eigenvalue weighted by molar-refractivity contribution is 5.92. The lowest BCUT2D eigenvalue weighted by Crippen LogP contribution is -2.36. The zero-order valence-electron chi connectivity index (χ0n) is 13.7. The minimum absolute atomic E-state index is 0.780. The maximum absolute atomic E-state index is 5.43. The molecule has 0 spiro atoms. The van der Waals surface area contributed by atoms with E-state index in [1.165, 1.54) is 11.3 Å². The van der Waals surface area contributed by atoms with E-state index in [1.807, 2.05) is 12.1 Å². The summed E-state index contributed by atoms with van der Waals surface area (Å²) in [5.41, 5.74) is 4.38. The van der Waals surface area contributed by atoms with Gasteiger partial charge in [0.05, 0.1) is 18.7 Å². The minimum Gasteiger partial charge on any atom is -0.378 e. The van der Waals surface area contributed by atoms with Crippen molar-refractivity contribution in [3.63, 3.8) is 0 Å². The zero-order valence-corrected chi connectivity index (χ0v) is 13.7. The summed E-state index contributed by atoms with van der Waals surface area (Å²) in [5, 5.41) is 4.43. The van der Waals surface area contributed by atoms with E-state index in [0.29, 0.717) is 0 Å².